The molecule has 1 amide bonds. The maximum Gasteiger partial charge on any atom is 0.256 e. The van der Waals surface area contributed by atoms with Gasteiger partial charge in [0.15, 0.2) is 0 Å². The second-order valence-electron chi connectivity index (χ2n) is 7.06. The largest absolute Gasteiger partial charge is 0.457 e. The highest BCUT2D eigenvalue weighted by Gasteiger charge is 2.24. The number of furan rings is 1. The highest BCUT2D eigenvalue weighted by atomic mass is 32.2. The Labute approximate surface area is 169 Å². The van der Waals surface area contributed by atoms with Gasteiger partial charge in [-0.1, -0.05) is 18.2 Å². The van der Waals surface area contributed by atoms with Crippen molar-refractivity contribution in [3.8, 4) is 11.3 Å². The summed E-state index contributed by atoms with van der Waals surface area (Å²) in [7, 11) is -3.54. The molecule has 4 rings (SSSR count). The Kier molecular flexibility index (Phi) is 4.86. The number of rotatable bonds is 5. The van der Waals surface area contributed by atoms with Gasteiger partial charge < -0.3 is 9.73 Å². The van der Waals surface area contributed by atoms with E-state index in [9.17, 15) is 13.2 Å². The van der Waals surface area contributed by atoms with Crippen molar-refractivity contribution in [3.63, 3.8) is 0 Å². The summed E-state index contributed by atoms with van der Waals surface area (Å²) in [6.45, 7) is 3.54. The van der Waals surface area contributed by atoms with Gasteiger partial charge in [0.2, 0.25) is 10.0 Å². The average molecular weight is 408 g/mol. The van der Waals surface area contributed by atoms with Crippen LogP contribution in [0.4, 0.5) is 5.69 Å². The molecule has 1 aliphatic heterocycles. The molecular weight excluding hydrogens is 388 g/mol. The Bertz CT molecular complexity index is 1210. The van der Waals surface area contributed by atoms with Crippen molar-refractivity contribution in [2.24, 2.45) is 0 Å². The van der Waals surface area contributed by atoms with E-state index in [0.29, 0.717) is 17.1 Å². The van der Waals surface area contributed by atoms with E-state index >= 15 is 0 Å². The molecule has 0 aliphatic carbocycles. The molecule has 0 saturated heterocycles. The molecule has 0 atom stereocenters. The lowest BCUT2D eigenvalue weighted by Gasteiger charge is -2.09. The van der Waals surface area contributed by atoms with Crippen LogP contribution < -0.4 is 10.0 Å². The number of carbonyl (C=O) groups excluding carboxylic acids is 1. The lowest BCUT2D eigenvalue weighted by molar-refractivity contribution is -0.110. The summed E-state index contributed by atoms with van der Waals surface area (Å²) in [4.78, 5) is 12.4. The van der Waals surface area contributed by atoms with Crippen LogP contribution in [-0.4, -0.2) is 20.4 Å². The van der Waals surface area contributed by atoms with Crippen LogP contribution in [0.25, 0.3) is 23.0 Å². The van der Waals surface area contributed by atoms with Crippen LogP contribution in [0.2, 0.25) is 0 Å². The van der Waals surface area contributed by atoms with Gasteiger partial charge in [-0.2, -0.15) is 0 Å². The number of sulfonamides is 1. The van der Waals surface area contributed by atoms with Crippen molar-refractivity contribution in [2.45, 2.75) is 24.8 Å². The fourth-order valence-corrected chi connectivity index (χ4v) is 4.44. The molecule has 0 spiro atoms. The summed E-state index contributed by atoms with van der Waals surface area (Å²) in [5, 5.41) is 2.83. The van der Waals surface area contributed by atoms with Crippen molar-refractivity contribution in [3.05, 3.63) is 72.0 Å². The standard InChI is InChI=1S/C22H20N2O4S/c1-14(2)24-29(26,27)17-10-7-15(8-11-17)21-12-9-16(28-21)13-19-18-5-3-4-6-20(18)23-22(19)25/h3-14,24H,1-2H3,(H,23,25)/b19-13+. The zero-order valence-electron chi connectivity index (χ0n) is 16.0. The third kappa shape index (κ3) is 3.87. The summed E-state index contributed by atoms with van der Waals surface area (Å²) in [6, 6.07) is 17.4. The van der Waals surface area contributed by atoms with Gasteiger partial charge in [0.05, 0.1) is 10.5 Å². The van der Waals surface area contributed by atoms with Gasteiger partial charge in [0.25, 0.3) is 5.91 Å². The second-order valence-corrected chi connectivity index (χ2v) is 8.77. The summed E-state index contributed by atoms with van der Waals surface area (Å²) in [6.07, 6.45) is 1.70. The smallest absolute Gasteiger partial charge is 0.256 e. The molecule has 0 bridgehead atoms. The molecule has 1 aromatic heterocycles. The Morgan fingerprint density at radius 2 is 1.72 bits per heavy atom. The van der Waals surface area contributed by atoms with Crippen molar-refractivity contribution < 1.29 is 17.6 Å². The van der Waals surface area contributed by atoms with E-state index in [1.54, 1.807) is 56.3 Å². The first-order valence-corrected chi connectivity index (χ1v) is 10.7. The molecule has 7 heteroatoms. The van der Waals surface area contributed by atoms with Gasteiger partial charge in [-0.05, 0) is 62.4 Å². The molecule has 2 heterocycles. The minimum absolute atomic E-state index is 0.170. The van der Waals surface area contributed by atoms with Crippen LogP contribution in [0, 0.1) is 0 Å². The highest BCUT2D eigenvalue weighted by molar-refractivity contribution is 7.89. The second kappa shape index (κ2) is 7.35. The van der Waals surface area contributed by atoms with Gasteiger partial charge in [-0.15, -0.1) is 0 Å². The maximum atomic E-state index is 12.2. The minimum Gasteiger partial charge on any atom is -0.457 e. The number of anilines is 1. The van der Waals surface area contributed by atoms with Gasteiger partial charge in [-0.25, -0.2) is 13.1 Å². The Morgan fingerprint density at radius 3 is 2.45 bits per heavy atom. The third-order valence-electron chi connectivity index (χ3n) is 4.46. The summed E-state index contributed by atoms with van der Waals surface area (Å²) < 4.78 is 32.9. The minimum atomic E-state index is -3.54. The summed E-state index contributed by atoms with van der Waals surface area (Å²) in [5.41, 5.74) is 2.90. The number of hydrogen-bond donors (Lipinski definition) is 2. The Hall–Kier alpha value is -3.16. The Morgan fingerprint density at radius 1 is 1.00 bits per heavy atom. The van der Waals surface area contributed by atoms with Gasteiger partial charge in [0, 0.05) is 22.9 Å². The van der Waals surface area contributed by atoms with Crippen molar-refractivity contribution in [2.75, 3.05) is 5.32 Å². The topological polar surface area (TPSA) is 88.4 Å². The van der Waals surface area contributed by atoms with Crippen LogP contribution in [0.5, 0.6) is 0 Å². The van der Waals surface area contributed by atoms with Crippen molar-refractivity contribution in [1.82, 2.24) is 4.72 Å². The first-order valence-electron chi connectivity index (χ1n) is 9.18. The molecular formula is C22H20N2O4S. The molecule has 2 aromatic carbocycles. The van der Waals surface area contributed by atoms with Crippen LogP contribution in [-0.2, 0) is 14.8 Å². The molecule has 148 valence electrons. The SMILES string of the molecule is CC(C)NS(=O)(=O)c1ccc(-c2ccc(/C=C3/C(=O)Nc4ccccc43)o2)cc1. The molecule has 2 N–H and O–H groups in total. The van der Waals surface area contributed by atoms with Crippen molar-refractivity contribution >= 4 is 33.3 Å². The fraction of sp³-hybridized carbons (Fsp3) is 0.136. The normalized spacial score (nSPS) is 15.0. The number of benzene rings is 2. The summed E-state index contributed by atoms with van der Waals surface area (Å²) >= 11 is 0. The first kappa shape index (κ1) is 19.2. The fourth-order valence-electron chi connectivity index (χ4n) is 3.19. The number of fused-ring (bicyclic) bond motifs is 1. The zero-order chi connectivity index (χ0) is 20.6. The van der Waals surface area contributed by atoms with E-state index in [1.807, 2.05) is 24.3 Å². The van der Waals surface area contributed by atoms with Gasteiger partial charge in [0.1, 0.15) is 11.5 Å². The Balaban J connectivity index is 1.60. The predicted octanol–water partition coefficient (Wildman–Crippen LogP) is 4.13. The molecule has 6 nitrogen and oxygen atoms in total. The summed E-state index contributed by atoms with van der Waals surface area (Å²) in [5.74, 6) is 0.959. The number of para-hydroxylation sites is 1. The van der Waals surface area contributed by atoms with E-state index in [-0.39, 0.29) is 16.8 Å². The van der Waals surface area contributed by atoms with E-state index in [2.05, 4.69) is 10.0 Å². The van der Waals surface area contributed by atoms with E-state index < -0.39 is 10.0 Å². The quantitative estimate of drug-likeness (QED) is 0.622. The molecule has 29 heavy (non-hydrogen) atoms. The highest BCUT2D eigenvalue weighted by Crippen LogP contribution is 2.33. The third-order valence-corrected chi connectivity index (χ3v) is 6.14. The molecule has 0 fully saturated rings. The van der Waals surface area contributed by atoms with Crippen molar-refractivity contribution in [1.29, 1.82) is 0 Å². The lowest BCUT2D eigenvalue weighted by Crippen LogP contribution is -2.30. The number of nitrogens with one attached hydrogen (secondary N) is 2. The first-order chi connectivity index (χ1) is 13.8. The predicted molar refractivity (Wildman–Crippen MR) is 113 cm³/mol. The monoisotopic (exact) mass is 408 g/mol. The van der Waals surface area contributed by atoms with Gasteiger partial charge in [-0.3, -0.25) is 4.79 Å². The molecule has 0 unspecified atom stereocenters. The lowest BCUT2D eigenvalue weighted by atomic mass is 10.1. The average Bonchev–Trinajstić information content (AvgIpc) is 3.26. The van der Waals surface area contributed by atoms with E-state index in [1.165, 1.54) is 0 Å². The van der Waals surface area contributed by atoms with Crippen LogP contribution in [0.3, 0.4) is 0 Å². The van der Waals surface area contributed by atoms with E-state index in [4.69, 9.17) is 4.42 Å². The van der Waals surface area contributed by atoms with E-state index in [0.717, 1.165) is 16.8 Å². The van der Waals surface area contributed by atoms with Crippen LogP contribution in [0.1, 0.15) is 25.2 Å². The van der Waals surface area contributed by atoms with Crippen LogP contribution in [0.15, 0.2) is 70.0 Å². The number of amides is 1. The molecule has 1 aliphatic rings. The zero-order valence-corrected chi connectivity index (χ0v) is 16.8. The molecule has 0 saturated carbocycles. The van der Waals surface area contributed by atoms with Crippen LogP contribution >= 0.6 is 0 Å². The number of hydrogen-bond acceptors (Lipinski definition) is 4. The molecule has 0 radical (unpaired) electrons. The maximum absolute atomic E-state index is 12.2. The molecule has 3 aromatic rings. The van der Waals surface area contributed by atoms with Gasteiger partial charge >= 0.3 is 0 Å². The number of carbonyl (C=O) groups is 1.